The Bertz CT molecular complexity index is 606. The molecular weight excluding hydrogens is 232 g/mol. The Morgan fingerprint density at radius 2 is 1.74 bits per heavy atom. The molecule has 1 aliphatic heterocycles. The largest absolute Gasteiger partial charge is 0.328 e. The van der Waals surface area contributed by atoms with E-state index in [0.717, 1.165) is 25.9 Å². The molecule has 2 nitrogen and oxygen atoms in total. The van der Waals surface area contributed by atoms with Crippen molar-refractivity contribution in [3.63, 3.8) is 0 Å². The molecule has 4 rings (SSSR count). The average Bonchev–Trinajstić information content (AvgIpc) is 2.82. The number of likely N-dealkylation sites (tertiary alicyclic amines) is 1. The van der Waals surface area contributed by atoms with Gasteiger partial charge in [0, 0.05) is 25.2 Å². The highest BCUT2D eigenvalue weighted by atomic mass is 15.2. The number of nitrogens with zero attached hydrogens (tertiary/aromatic N) is 1. The first-order valence-electron chi connectivity index (χ1n) is 7.33. The van der Waals surface area contributed by atoms with Crippen molar-refractivity contribution in [2.45, 2.75) is 31.3 Å². The van der Waals surface area contributed by atoms with E-state index in [-0.39, 0.29) is 0 Å². The van der Waals surface area contributed by atoms with E-state index < -0.39 is 0 Å². The summed E-state index contributed by atoms with van der Waals surface area (Å²) in [7, 11) is 0. The van der Waals surface area contributed by atoms with Crippen LogP contribution in [0.1, 0.15) is 30.0 Å². The molecule has 1 atom stereocenters. The van der Waals surface area contributed by atoms with Gasteiger partial charge in [-0.2, -0.15) is 0 Å². The maximum Gasteiger partial charge on any atom is 0.0394 e. The predicted octanol–water partition coefficient (Wildman–Crippen LogP) is 2.86. The van der Waals surface area contributed by atoms with Gasteiger partial charge < -0.3 is 5.73 Å². The summed E-state index contributed by atoms with van der Waals surface area (Å²) in [6.07, 6.45) is 3.46. The van der Waals surface area contributed by atoms with E-state index >= 15 is 0 Å². The van der Waals surface area contributed by atoms with Crippen molar-refractivity contribution in [1.82, 2.24) is 4.90 Å². The molecule has 2 aliphatic rings. The molecule has 0 spiro atoms. The lowest BCUT2D eigenvalue weighted by Crippen LogP contribution is -2.41. The van der Waals surface area contributed by atoms with E-state index in [1.807, 2.05) is 0 Å². The number of rotatable bonds is 1. The van der Waals surface area contributed by atoms with Gasteiger partial charge in [-0.3, -0.25) is 4.90 Å². The smallest absolute Gasteiger partial charge is 0.0394 e. The minimum atomic E-state index is 0.413. The van der Waals surface area contributed by atoms with E-state index in [9.17, 15) is 0 Å². The summed E-state index contributed by atoms with van der Waals surface area (Å²) in [4.78, 5) is 2.64. The highest BCUT2D eigenvalue weighted by Crippen LogP contribution is 2.40. The molecule has 1 saturated heterocycles. The number of hydrogen-bond donors (Lipinski definition) is 1. The third-order valence-corrected chi connectivity index (χ3v) is 4.81. The van der Waals surface area contributed by atoms with Gasteiger partial charge >= 0.3 is 0 Å². The molecule has 0 saturated carbocycles. The second-order valence-corrected chi connectivity index (χ2v) is 5.96. The van der Waals surface area contributed by atoms with Crippen LogP contribution in [0.25, 0.3) is 10.8 Å². The maximum atomic E-state index is 6.03. The van der Waals surface area contributed by atoms with Crippen LogP contribution < -0.4 is 5.73 Å². The topological polar surface area (TPSA) is 29.3 Å². The van der Waals surface area contributed by atoms with E-state index in [2.05, 4.69) is 41.3 Å². The molecule has 2 aromatic carbocycles. The van der Waals surface area contributed by atoms with Crippen LogP contribution in [-0.4, -0.2) is 24.0 Å². The summed E-state index contributed by atoms with van der Waals surface area (Å²) in [5.41, 5.74) is 9.08. The van der Waals surface area contributed by atoms with Gasteiger partial charge in [0.25, 0.3) is 0 Å². The first-order chi connectivity index (χ1) is 9.33. The third-order valence-electron chi connectivity index (χ3n) is 4.81. The van der Waals surface area contributed by atoms with Crippen molar-refractivity contribution >= 4 is 10.8 Å². The summed E-state index contributed by atoms with van der Waals surface area (Å²) >= 11 is 0. The van der Waals surface area contributed by atoms with Crippen molar-refractivity contribution in [2.24, 2.45) is 5.73 Å². The first-order valence-corrected chi connectivity index (χ1v) is 7.33. The molecule has 0 radical (unpaired) electrons. The van der Waals surface area contributed by atoms with Crippen molar-refractivity contribution in [3.8, 4) is 0 Å². The van der Waals surface area contributed by atoms with Crippen LogP contribution in [0.3, 0.4) is 0 Å². The van der Waals surface area contributed by atoms with Crippen molar-refractivity contribution in [2.75, 3.05) is 13.1 Å². The van der Waals surface area contributed by atoms with Crippen LogP contribution in [-0.2, 0) is 6.42 Å². The zero-order valence-corrected chi connectivity index (χ0v) is 11.2. The Hall–Kier alpha value is -1.38. The van der Waals surface area contributed by atoms with Crippen LogP contribution >= 0.6 is 0 Å². The second kappa shape index (κ2) is 4.32. The maximum absolute atomic E-state index is 6.03. The number of benzene rings is 2. The molecule has 0 bridgehead atoms. The summed E-state index contributed by atoms with van der Waals surface area (Å²) < 4.78 is 0. The highest BCUT2D eigenvalue weighted by molar-refractivity contribution is 5.91. The van der Waals surface area contributed by atoms with Gasteiger partial charge in [-0.25, -0.2) is 0 Å². The molecule has 0 aromatic heterocycles. The van der Waals surface area contributed by atoms with Gasteiger partial charge in [0.05, 0.1) is 0 Å². The minimum Gasteiger partial charge on any atom is -0.328 e. The lowest BCUT2D eigenvalue weighted by Gasteiger charge is -2.35. The molecule has 1 unspecified atom stereocenters. The predicted molar refractivity (Wildman–Crippen MR) is 79.2 cm³/mol. The number of nitrogens with two attached hydrogens (primary N) is 1. The first kappa shape index (κ1) is 11.4. The fourth-order valence-electron chi connectivity index (χ4n) is 3.77. The Morgan fingerprint density at radius 1 is 1.00 bits per heavy atom. The van der Waals surface area contributed by atoms with E-state index in [0.29, 0.717) is 12.1 Å². The quantitative estimate of drug-likeness (QED) is 0.845. The average molecular weight is 252 g/mol. The second-order valence-electron chi connectivity index (χ2n) is 5.96. The molecule has 98 valence electrons. The highest BCUT2D eigenvalue weighted by Gasteiger charge is 2.30. The van der Waals surface area contributed by atoms with Crippen LogP contribution in [0.2, 0.25) is 0 Å². The minimum absolute atomic E-state index is 0.413. The van der Waals surface area contributed by atoms with E-state index in [1.165, 1.54) is 28.3 Å². The summed E-state index contributed by atoms with van der Waals surface area (Å²) in [5, 5.41) is 2.90. The fourth-order valence-corrected chi connectivity index (χ4v) is 3.77. The van der Waals surface area contributed by atoms with Gasteiger partial charge in [0.15, 0.2) is 0 Å². The summed E-state index contributed by atoms with van der Waals surface area (Å²) in [6, 6.07) is 14.5. The van der Waals surface area contributed by atoms with Gasteiger partial charge in [0.1, 0.15) is 0 Å². The molecule has 19 heavy (non-hydrogen) atoms. The van der Waals surface area contributed by atoms with Gasteiger partial charge in [-0.05, 0) is 41.2 Å². The van der Waals surface area contributed by atoms with Gasteiger partial charge in [-0.15, -0.1) is 0 Å². The van der Waals surface area contributed by atoms with Crippen molar-refractivity contribution in [3.05, 3.63) is 47.5 Å². The molecule has 1 aliphatic carbocycles. The molecule has 2 N–H and O–H groups in total. The standard InChI is InChI=1S/C17H20N2/c18-14-7-9-19(10-8-14)16-11-13-5-1-3-12-4-2-6-15(16)17(12)13/h1-6,14,16H,7-11,18H2. The van der Waals surface area contributed by atoms with E-state index in [1.54, 1.807) is 0 Å². The number of hydrogen-bond acceptors (Lipinski definition) is 2. The molecule has 1 heterocycles. The van der Waals surface area contributed by atoms with Crippen molar-refractivity contribution < 1.29 is 0 Å². The van der Waals surface area contributed by atoms with Crippen LogP contribution in [0.15, 0.2) is 36.4 Å². The Balaban J connectivity index is 1.73. The zero-order valence-electron chi connectivity index (χ0n) is 11.2. The fraction of sp³-hybridized carbons (Fsp3) is 0.412. The Morgan fingerprint density at radius 3 is 2.53 bits per heavy atom. The Labute approximate surface area is 114 Å². The van der Waals surface area contributed by atoms with Crippen LogP contribution in [0.4, 0.5) is 0 Å². The number of piperidine rings is 1. The van der Waals surface area contributed by atoms with E-state index in [4.69, 9.17) is 5.73 Å². The molecule has 2 heteroatoms. The summed E-state index contributed by atoms with van der Waals surface area (Å²) in [5.74, 6) is 0. The van der Waals surface area contributed by atoms with Crippen LogP contribution in [0, 0.1) is 0 Å². The van der Waals surface area contributed by atoms with Gasteiger partial charge in [0.2, 0.25) is 0 Å². The molecule has 2 aromatic rings. The van der Waals surface area contributed by atoms with Crippen LogP contribution in [0.5, 0.6) is 0 Å². The lowest BCUT2D eigenvalue weighted by atomic mass is 10.00. The SMILES string of the molecule is NC1CCN(C2Cc3cccc4cccc2c34)CC1. The normalized spacial score (nSPS) is 24.2. The lowest BCUT2D eigenvalue weighted by molar-refractivity contribution is 0.156. The van der Waals surface area contributed by atoms with Gasteiger partial charge in [-0.1, -0.05) is 36.4 Å². The monoisotopic (exact) mass is 252 g/mol. The molecule has 0 amide bonds. The summed E-state index contributed by atoms with van der Waals surface area (Å²) in [6.45, 7) is 2.30. The third kappa shape index (κ3) is 1.78. The zero-order chi connectivity index (χ0) is 12.8. The Kier molecular flexibility index (Phi) is 2.61. The molecular formula is C17H20N2. The van der Waals surface area contributed by atoms with Crippen molar-refractivity contribution in [1.29, 1.82) is 0 Å². The molecule has 1 fully saturated rings.